The van der Waals surface area contributed by atoms with Gasteiger partial charge in [0.1, 0.15) is 17.3 Å². The van der Waals surface area contributed by atoms with Crippen LogP contribution in [0.15, 0.2) is 0 Å². The van der Waals surface area contributed by atoms with Crippen LogP contribution in [0.5, 0.6) is 0 Å². The number of Topliss-reactive ketones (excluding diaryl/α,β-unsaturated/α-hetero) is 3. The van der Waals surface area contributed by atoms with Crippen LogP contribution in [-0.2, 0) is 24.0 Å². The average molecular weight is 422 g/mol. The average Bonchev–Trinajstić information content (AvgIpc) is 2.98. The molecule has 0 aromatic rings. The lowest BCUT2D eigenvalue weighted by Crippen LogP contribution is -2.56. The number of aliphatic carboxylic acids is 1. The van der Waals surface area contributed by atoms with E-state index in [-0.39, 0.29) is 67.3 Å². The van der Waals surface area contributed by atoms with Crippen LogP contribution in [0.25, 0.3) is 0 Å². The summed E-state index contributed by atoms with van der Waals surface area (Å²) >= 11 is 0. The van der Waals surface area contributed by atoms with E-state index in [4.69, 9.17) is 5.11 Å². The standard InChI is InChI=1S/C21H29NO6.C2H6/c1-20(9-7-17(26)22-10-8-18(27)28)15(24)5-3-12-13-4-6-16(25)21(13,2)11-14(23)19(12)20;1-2/h12-13,19H,3-11H2,1-2H3,(H,22,26)(H,27,28);1-2H3/t12?,13?,19?,20-,21?;/m0./s1. The van der Waals surface area contributed by atoms with E-state index in [0.29, 0.717) is 19.3 Å². The largest absolute Gasteiger partial charge is 0.481 e. The third-order valence-corrected chi connectivity index (χ3v) is 7.53. The summed E-state index contributed by atoms with van der Waals surface area (Å²) in [5.41, 5.74) is -1.48. The van der Waals surface area contributed by atoms with Gasteiger partial charge in [-0.2, -0.15) is 0 Å². The summed E-state index contributed by atoms with van der Waals surface area (Å²) < 4.78 is 0. The lowest BCUT2D eigenvalue weighted by atomic mass is 9.48. The second-order valence-electron chi connectivity index (χ2n) is 9.14. The minimum Gasteiger partial charge on any atom is -0.481 e. The summed E-state index contributed by atoms with van der Waals surface area (Å²) in [6.45, 7) is 7.76. The molecule has 0 saturated heterocycles. The number of rotatable bonds is 6. The van der Waals surface area contributed by atoms with Crippen molar-refractivity contribution in [2.45, 2.75) is 79.1 Å². The minimum atomic E-state index is -0.987. The smallest absolute Gasteiger partial charge is 0.305 e. The minimum absolute atomic E-state index is 0.0131. The highest BCUT2D eigenvalue weighted by Gasteiger charge is 2.62. The van der Waals surface area contributed by atoms with Crippen LogP contribution in [0.2, 0.25) is 0 Å². The number of carboxylic acid groups (broad SMARTS) is 1. The predicted octanol–water partition coefficient (Wildman–Crippen LogP) is 2.94. The van der Waals surface area contributed by atoms with Crippen molar-refractivity contribution in [2.24, 2.45) is 28.6 Å². The van der Waals surface area contributed by atoms with Crippen molar-refractivity contribution in [1.82, 2.24) is 5.32 Å². The van der Waals surface area contributed by atoms with Crippen LogP contribution >= 0.6 is 0 Å². The Kier molecular flexibility index (Phi) is 7.59. The number of carbonyl (C=O) groups is 5. The van der Waals surface area contributed by atoms with Crippen molar-refractivity contribution < 1.29 is 29.1 Å². The molecule has 2 N–H and O–H groups in total. The fourth-order valence-electron chi connectivity index (χ4n) is 5.97. The first-order valence-corrected chi connectivity index (χ1v) is 11.2. The fourth-order valence-corrected chi connectivity index (χ4v) is 5.97. The molecule has 1 amide bonds. The summed E-state index contributed by atoms with van der Waals surface area (Å²) in [6, 6.07) is 0. The predicted molar refractivity (Wildman–Crippen MR) is 111 cm³/mol. The van der Waals surface area contributed by atoms with Gasteiger partial charge in [0.25, 0.3) is 0 Å². The Morgan fingerprint density at radius 1 is 1.03 bits per heavy atom. The first kappa shape index (κ1) is 24.2. The van der Waals surface area contributed by atoms with Gasteiger partial charge in [-0.3, -0.25) is 24.0 Å². The zero-order chi connectivity index (χ0) is 22.7. The Morgan fingerprint density at radius 2 is 1.67 bits per heavy atom. The summed E-state index contributed by atoms with van der Waals surface area (Å²) in [4.78, 5) is 61.0. The highest BCUT2D eigenvalue weighted by Crippen LogP contribution is 2.60. The van der Waals surface area contributed by atoms with Gasteiger partial charge in [0, 0.05) is 49.0 Å². The van der Waals surface area contributed by atoms with Gasteiger partial charge < -0.3 is 10.4 Å². The van der Waals surface area contributed by atoms with E-state index in [1.54, 1.807) is 6.92 Å². The molecule has 3 aliphatic rings. The molecule has 0 aromatic heterocycles. The normalized spacial score (nSPS) is 35.1. The molecular weight excluding hydrogens is 386 g/mol. The van der Waals surface area contributed by atoms with E-state index < -0.39 is 22.7 Å². The number of carboxylic acids is 1. The highest BCUT2D eigenvalue weighted by molar-refractivity contribution is 5.99. The zero-order valence-corrected chi connectivity index (χ0v) is 18.6. The van der Waals surface area contributed by atoms with Crippen LogP contribution in [0.3, 0.4) is 0 Å². The van der Waals surface area contributed by atoms with Crippen molar-refractivity contribution in [3.63, 3.8) is 0 Å². The molecule has 5 atom stereocenters. The zero-order valence-electron chi connectivity index (χ0n) is 18.6. The van der Waals surface area contributed by atoms with Gasteiger partial charge in [-0.25, -0.2) is 0 Å². The molecule has 3 fully saturated rings. The van der Waals surface area contributed by atoms with Gasteiger partial charge in [0.05, 0.1) is 6.42 Å². The van der Waals surface area contributed by atoms with E-state index >= 15 is 0 Å². The molecule has 0 heterocycles. The van der Waals surface area contributed by atoms with Gasteiger partial charge in [0.15, 0.2) is 0 Å². The molecule has 0 aliphatic heterocycles. The van der Waals surface area contributed by atoms with Crippen molar-refractivity contribution in [1.29, 1.82) is 0 Å². The summed E-state index contributed by atoms with van der Waals surface area (Å²) in [7, 11) is 0. The van der Waals surface area contributed by atoms with Crippen molar-refractivity contribution >= 4 is 29.2 Å². The lowest BCUT2D eigenvalue weighted by Gasteiger charge is -2.52. The SMILES string of the molecule is CC.CC12CC(=O)C3C(CCC(=O)[C@]3(C)CCC(=O)NCCC(=O)O)C1CCC2=O. The molecule has 3 aliphatic carbocycles. The number of carbonyl (C=O) groups excluding carboxylic acids is 4. The number of hydrogen-bond donors (Lipinski definition) is 2. The van der Waals surface area contributed by atoms with Crippen LogP contribution in [-0.4, -0.2) is 40.9 Å². The molecule has 0 spiro atoms. The molecule has 30 heavy (non-hydrogen) atoms. The molecule has 7 heteroatoms. The Labute approximate surface area is 178 Å². The maximum Gasteiger partial charge on any atom is 0.305 e. The topological polar surface area (TPSA) is 118 Å². The quantitative estimate of drug-likeness (QED) is 0.681. The third kappa shape index (κ3) is 4.35. The summed E-state index contributed by atoms with van der Waals surface area (Å²) in [5.74, 6) is -1.38. The number of nitrogens with one attached hydrogen (secondary N) is 1. The van der Waals surface area contributed by atoms with Crippen molar-refractivity contribution in [3.8, 4) is 0 Å². The fraction of sp³-hybridized carbons (Fsp3) is 0.783. The summed E-state index contributed by atoms with van der Waals surface area (Å²) in [6.07, 6.45) is 2.71. The summed E-state index contributed by atoms with van der Waals surface area (Å²) in [5, 5.41) is 11.2. The molecule has 168 valence electrons. The number of hydrogen-bond acceptors (Lipinski definition) is 5. The molecule has 0 aromatic carbocycles. The van der Waals surface area contributed by atoms with Crippen LogP contribution < -0.4 is 5.32 Å². The Bertz CT molecular complexity index is 731. The maximum atomic E-state index is 13.1. The number of fused-ring (bicyclic) bond motifs is 3. The number of amides is 1. The number of ketones is 3. The highest BCUT2D eigenvalue weighted by atomic mass is 16.4. The molecule has 0 radical (unpaired) electrons. The van der Waals surface area contributed by atoms with E-state index in [2.05, 4.69) is 5.32 Å². The Hall–Kier alpha value is -2.05. The molecule has 3 saturated carbocycles. The van der Waals surface area contributed by atoms with Gasteiger partial charge in [-0.1, -0.05) is 27.7 Å². The van der Waals surface area contributed by atoms with Crippen LogP contribution in [0, 0.1) is 28.6 Å². The van der Waals surface area contributed by atoms with Crippen LogP contribution in [0.1, 0.15) is 79.1 Å². The first-order chi connectivity index (χ1) is 14.1. The van der Waals surface area contributed by atoms with E-state index in [1.807, 2.05) is 20.8 Å². The van der Waals surface area contributed by atoms with Gasteiger partial charge in [-0.15, -0.1) is 0 Å². The van der Waals surface area contributed by atoms with Crippen molar-refractivity contribution in [3.05, 3.63) is 0 Å². The van der Waals surface area contributed by atoms with E-state index in [9.17, 15) is 24.0 Å². The second-order valence-corrected chi connectivity index (χ2v) is 9.14. The molecule has 3 rings (SSSR count). The lowest BCUT2D eigenvalue weighted by molar-refractivity contribution is -0.160. The first-order valence-electron chi connectivity index (χ1n) is 11.2. The molecule has 4 unspecified atom stereocenters. The van der Waals surface area contributed by atoms with Gasteiger partial charge in [-0.05, 0) is 31.1 Å². The third-order valence-electron chi connectivity index (χ3n) is 7.53. The van der Waals surface area contributed by atoms with Crippen molar-refractivity contribution in [2.75, 3.05) is 6.54 Å². The Morgan fingerprint density at radius 3 is 2.30 bits per heavy atom. The van der Waals surface area contributed by atoms with Crippen LogP contribution in [0.4, 0.5) is 0 Å². The van der Waals surface area contributed by atoms with Gasteiger partial charge >= 0.3 is 5.97 Å². The van der Waals surface area contributed by atoms with Gasteiger partial charge in [0.2, 0.25) is 5.91 Å². The monoisotopic (exact) mass is 421 g/mol. The Balaban J connectivity index is 0.00000155. The molecule has 7 nitrogen and oxygen atoms in total. The molecule has 0 bridgehead atoms. The van der Waals surface area contributed by atoms with E-state index in [1.165, 1.54) is 0 Å². The van der Waals surface area contributed by atoms with E-state index in [0.717, 1.165) is 6.42 Å². The second kappa shape index (κ2) is 9.40. The molecular formula is C23H35NO6. The maximum absolute atomic E-state index is 13.1.